The standard InChI is InChI=1S/C9H18O4S/c1-3-8(11)14-7-9(12-4-2)13-6-5-10/h9-10H,3-7H2,1-2H3. The SMILES string of the molecule is CCOC(CSC(=O)CC)OCCO. The van der Waals surface area contributed by atoms with Crippen molar-refractivity contribution in [3.63, 3.8) is 0 Å². The lowest BCUT2D eigenvalue weighted by Crippen LogP contribution is -2.22. The molecular formula is C9H18O4S. The molecule has 0 amide bonds. The van der Waals surface area contributed by atoms with Gasteiger partial charge in [0.05, 0.1) is 19.0 Å². The maximum Gasteiger partial charge on any atom is 0.188 e. The maximum absolute atomic E-state index is 11.0. The summed E-state index contributed by atoms with van der Waals surface area (Å²) < 4.78 is 10.4. The molecule has 0 saturated heterocycles. The molecule has 14 heavy (non-hydrogen) atoms. The van der Waals surface area contributed by atoms with Crippen molar-refractivity contribution in [1.82, 2.24) is 0 Å². The summed E-state index contributed by atoms with van der Waals surface area (Å²) in [6, 6.07) is 0. The summed E-state index contributed by atoms with van der Waals surface area (Å²) in [6.45, 7) is 4.43. The highest BCUT2D eigenvalue weighted by molar-refractivity contribution is 8.13. The Balaban J connectivity index is 3.66. The van der Waals surface area contributed by atoms with E-state index >= 15 is 0 Å². The van der Waals surface area contributed by atoms with E-state index in [1.807, 2.05) is 13.8 Å². The van der Waals surface area contributed by atoms with Crippen molar-refractivity contribution in [2.45, 2.75) is 26.6 Å². The van der Waals surface area contributed by atoms with Gasteiger partial charge in [0, 0.05) is 13.0 Å². The Morgan fingerprint density at radius 3 is 2.64 bits per heavy atom. The van der Waals surface area contributed by atoms with Crippen molar-refractivity contribution in [2.75, 3.05) is 25.6 Å². The second-order valence-corrected chi connectivity index (χ2v) is 3.59. The molecule has 0 rings (SSSR count). The molecule has 0 radical (unpaired) electrons. The molecule has 0 fully saturated rings. The van der Waals surface area contributed by atoms with Crippen molar-refractivity contribution in [1.29, 1.82) is 0 Å². The number of rotatable bonds is 8. The molecule has 1 unspecified atom stereocenters. The Labute approximate surface area is 89.0 Å². The fourth-order valence-corrected chi connectivity index (χ4v) is 1.50. The molecule has 0 aliphatic rings. The molecule has 4 nitrogen and oxygen atoms in total. The molecule has 0 bridgehead atoms. The largest absolute Gasteiger partial charge is 0.394 e. The van der Waals surface area contributed by atoms with Crippen molar-refractivity contribution in [3.05, 3.63) is 0 Å². The van der Waals surface area contributed by atoms with Gasteiger partial charge < -0.3 is 14.6 Å². The van der Waals surface area contributed by atoms with Crippen LogP contribution in [0.25, 0.3) is 0 Å². The Morgan fingerprint density at radius 2 is 2.14 bits per heavy atom. The van der Waals surface area contributed by atoms with Crippen LogP contribution in [0.15, 0.2) is 0 Å². The van der Waals surface area contributed by atoms with Crippen LogP contribution in [0.4, 0.5) is 0 Å². The Morgan fingerprint density at radius 1 is 1.43 bits per heavy atom. The van der Waals surface area contributed by atoms with Gasteiger partial charge >= 0.3 is 0 Å². The lowest BCUT2D eigenvalue weighted by atomic mass is 10.6. The van der Waals surface area contributed by atoms with Gasteiger partial charge in [0.15, 0.2) is 11.4 Å². The van der Waals surface area contributed by atoms with E-state index < -0.39 is 6.29 Å². The second-order valence-electron chi connectivity index (χ2n) is 2.52. The van der Waals surface area contributed by atoms with E-state index in [1.54, 1.807) is 0 Å². The smallest absolute Gasteiger partial charge is 0.188 e. The summed E-state index contributed by atoms with van der Waals surface area (Å²) in [5, 5.41) is 8.68. The highest BCUT2D eigenvalue weighted by Gasteiger charge is 2.10. The average molecular weight is 222 g/mol. The van der Waals surface area contributed by atoms with Gasteiger partial charge in [-0.15, -0.1) is 0 Å². The van der Waals surface area contributed by atoms with Crippen molar-refractivity contribution < 1.29 is 19.4 Å². The van der Waals surface area contributed by atoms with Crippen molar-refractivity contribution in [2.24, 2.45) is 0 Å². The molecule has 0 aliphatic carbocycles. The topological polar surface area (TPSA) is 55.8 Å². The predicted molar refractivity (Wildman–Crippen MR) is 56.2 cm³/mol. The van der Waals surface area contributed by atoms with Crippen LogP contribution in [0.2, 0.25) is 0 Å². The normalized spacial score (nSPS) is 12.8. The number of carbonyl (C=O) groups excluding carboxylic acids is 1. The van der Waals surface area contributed by atoms with Crippen LogP contribution < -0.4 is 0 Å². The Kier molecular flexibility index (Phi) is 9.39. The average Bonchev–Trinajstić information content (AvgIpc) is 2.21. The maximum atomic E-state index is 11.0. The number of thioether (sulfide) groups is 1. The summed E-state index contributed by atoms with van der Waals surface area (Å²) in [6.07, 6.45) is 0.122. The van der Waals surface area contributed by atoms with E-state index in [-0.39, 0.29) is 18.3 Å². The predicted octanol–water partition coefficient (Wildman–Crippen LogP) is 1.03. The van der Waals surface area contributed by atoms with E-state index in [1.165, 1.54) is 11.8 Å². The second kappa shape index (κ2) is 9.45. The van der Waals surface area contributed by atoms with Gasteiger partial charge in [-0.1, -0.05) is 18.7 Å². The van der Waals surface area contributed by atoms with Crippen LogP contribution in [-0.2, 0) is 14.3 Å². The third-order valence-electron chi connectivity index (χ3n) is 1.42. The molecule has 1 atom stereocenters. The summed E-state index contributed by atoms with van der Waals surface area (Å²) in [5.74, 6) is 0.487. The zero-order chi connectivity index (χ0) is 10.8. The van der Waals surface area contributed by atoms with Crippen LogP contribution in [-0.4, -0.2) is 42.1 Å². The van der Waals surface area contributed by atoms with Crippen LogP contribution in [0.5, 0.6) is 0 Å². The monoisotopic (exact) mass is 222 g/mol. The first-order valence-corrected chi connectivity index (χ1v) is 5.72. The molecule has 0 aromatic heterocycles. The van der Waals surface area contributed by atoms with Crippen LogP contribution in [0.1, 0.15) is 20.3 Å². The van der Waals surface area contributed by atoms with Crippen LogP contribution in [0, 0.1) is 0 Å². The third-order valence-corrected chi connectivity index (χ3v) is 2.47. The van der Waals surface area contributed by atoms with E-state index in [0.29, 0.717) is 18.8 Å². The van der Waals surface area contributed by atoms with Crippen LogP contribution >= 0.6 is 11.8 Å². The number of carbonyl (C=O) groups is 1. The van der Waals surface area contributed by atoms with Crippen molar-refractivity contribution >= 4 is 16.9 Å². The van der Waals surface area contributed by atoms with E-state index in [9.17, 15) is 4.79 Å². The van der Waals surface area contributed by atoms with E-state index in [0.717, 1.165) is 0 Å². The fourth-order valence-electron chi connectivity index (χ4n) is 0.777. The molecule has 5 heteroatoms. The lowest BCUT2D eigenvalue weighted by Gasteiger charge is -2.16. The van der Waals surface area contributed by atoms with Gasteiger partial charge in [0.25, 0.3) is 0 Å². The minimum Gasteiger partial charge on any atom is -0.394 e. The molecule has 0 spiro atoms. The number of ether oxygens (including phenoxy) is 2. The van der Waals surface area contributed by atoms with E-state index in [4.69, 9.17) is 14.6 Å². The lowest BCUT2D eigenvalue weighted by molar-refractivity contribution is -0.129. The third kappa shape index (κ3) is 7.32. The first-order valence-electron chi connectivity index (χ1n) is 4.74. The zero-order valence-corrected chi connectivity index (χ0v) is 9.51. The Bertz CT molecular complexity index is 152. The summed E-state index contributed by atoms with van der Waals surface area (Å²) in [4.78, 5) is 11.0. The van der Waals surface area contributed by atoms with E-state index in [2.05, 4.69) is 0 Å². The van der Waals surface area contributed by atoms with Gasteiger partial charge in [0.2, 0.25) is 0 Å². The zero-order valence-electron chi connectivity index (χ0n) is 8.69. The molecule has 0 aromatic rings. The van der Waals surface area contributed by atoms with Gasteiger partial charge in [-0.3, -0.25) is 4.79 Å². The van der Waals surface area contributed by atoms with Gasteiger partial charge in [-0.25, -0.2) is 0 Å². The summed E-state index contributed by atoms with van der Waals surface area (Å²) >= 11 is 1.20. The quantitative estimate of drug-likeness (QED) is 0.622. The number of aliphatic hydroxyl groups excluding tert-OH is 1. The molecule has 0 heterocycles. The highest BCUT2D eigenvalue weighted by Crippen LogP contribution is 2.10. The highest BCUT2D eigenvalue weighted by atomic mass is 32.2. The first-order chi connectivity index (χ1) is 6.74. The summed E-state index contributed by atoms with van der Waals surface area (Å²) in [5.41, 5.74) is 0. The first kappa shape index (κ1) is 13.9. The van der Waals surface area contributed by atoms with Gasteiger partial charge in [0.1, 0.15) is 0 Å². The molecular weight excluding hydrogens is 204 g/mol. The van der Waals surface area contributed by atoms with Gasteiger partial charge in [-0.05, 0) is 6.92 Å². The number of hydrogen-bond donors (Lipinski definition) is 1. The molecule has 84 valence electrons. The minimum atomic E-state index is -0.396. The van der Waals surface area contributed by atoms with Gasteiger partial charge in [-0.2, -0.15) is 0 Å². The number of aliphatic hydroxyl groups is 1. The fraction of sp³-hybridized carbons (Fsp3) is 0.889. The Hall–Kier alpha value is -0.100. The van der Waals surface area contributed by atoms with Crippen LogP contribution in [0.3, 0.4) is 0 Å². The molecule has 0 saturated carbocycles. The molecule has 0 aromatic carbocycles. The molecule has 0 aliphatic heterocycles. The summed E-state index contributed by atoms with van der Waals surface area (Å²) in [7, 11) is 0. The minimum absolute atomic E-state index is 0.0318. The molecule has 1 N–H and O–H groups in total. The number of hydrogen-bond acceptors (Lipinski definition) is 5. The van der Waals surface area contributed by atoms with Crippen molar-refractivity contribution in [3.8, 4) is 0 Å².